The molecule has 1 atom stereocenters. The molecule has 7 heteroatoms. The van der Waals surface area contributed by atoms with Gasteiger partial charge in [0.1, 0.15) is 0 Å². The van der Waals surface area contributed by atoms with Crippen molar-refractivity contribution in [1.29, 1.82) is 0 Å². The van der Waals surface area contributed by atoms with Crippen molar-refractivity contribution in [2.75, 3.05) is 19.0 Å². The van der Waals surface area contributed by atoms with Crippen LogP contribution in [-0.2, 0) is 11.8 Å². The third-order valence-corrected chi connectivity index (χ3v) is 4.94. The Hall–Kier alpha value is -2.28. The lowest BCUT2D eigenvalue weighted by molar-refractivity contribution is 0.0601. The second kappa shape index (κ2) is 6.45. The fourth-order valence-electron chi connectivity index (χ4n) is 2.94. The molecule has 1 aliphatic heterocycles. The van der Waals surface area contributed by atoms with E-state index in [-0.39, 0.29) is 12.1 Å². The SMILES string of the molecule is COC(=O)c1csc(NC(=O)N2CCC[C@H]2c2cccn2C)c1. The van der Waals surface area contributed by atoms with Crippen LogP contribution < -0.4 is 5.32 Å². The summed E-state index contributed by atoms with van der Waals surface area (Å²) in [6, 6.07) is 5.65. The normalized spacial score (nSPS) is 17.3. The van der Waals surface area contributed by atoms with E-state index in [1.807, 2.05) is 24.2 Å². The molecule has 2 amide bonds. The second-order valence-electron chi connectivity index (χ2n) is 5.52. The van der Waals surface area contributed by atoms with E-state index >= 15 is 0 Å². The van der Waals surface area contributed by atoms with Gasteiger partial charge in [0, 0.05) is 30.9 Å². The number of hydrogen-bond acceptors (Lipinski definition) is 4. The van der Waals surface area contributed by atoms with Crippen LogP contribution in [0.1, 0.15) is 34.9 Å². The van der Waals surface area contributed by atoms with Gasteiger partial charge in [-0.3, -0.25) is 5.32 Å². The molecule has 0 saturated carbocycles. The number of ether oxygens (including phenoxy) is 1. The topological polar surface area (TPSA) is 63.6 Å². The summed E-state index contributed by atoms with van der Waals surface area (Å²) in [5.41, 5.74) is 1.59. The van der Waals surface area contributed by atoms with Gasteiger partial charge in [0.15, 0.2) is 0 Å². The van der Waals surface area contributed by atoms with Gasteiger partial charge in [-0.05, 0) is 31.0 Å². The molecular weight excluding hydrogens is 314 g/mol. The second-order valence-corrected chi connectivity index (χ2v) is 6.43. The van der Waals surface area contributed by atoms with Crippen LogP contribution in [-0.4, -0.2) is 35.1 Å². The Bertz CT molecular complexity index is 722. The van der Waals surface area contributed by atoms with E-state index in [1.165, 1.54) is 18.4 Å². The molecule has 0 bridgehead atoms. The highest BCUT2D eigenvalue weighted by atomic mass is 32.1. The van der Waals surface area contributed by atoms with Crippen LogP contribution in [0.5, 0.6) is 0 Å². The number of methoxy groups -OCH3 is 1. The first-order valence-corrected chi connectivity index (χ1v) is 8.34. The first kappa shape index (κ1) is 15.6. The van der Waals surface area contributed by atoms with E-state index in [9.17, 15) is 9.59 Å². The van der Waals surface area contributed by atoms with E-state index in [2.05, 4.69) is 20.7 Å². The summed E-state index contributed by atoms with van der Waals surface area (Å²) < 4.78 is 6.73. The number of likely N-dealkylation sites (tertiary alicyclic amines) is 1. The third kappa shape index (κ3) is 3.10. The summed E-state index contributed by atoms with van der Waals surface area (Å²) in [6.07, 6.45) is 3.94. The molecule has 3 heterocycles. The van der Waals surface area contributed by atoms with Crippen LogP contribution in [0.15, 0.2) is 29.8 Å². The molecule has 0 aliphatic carbocycles. The fourth-order valence-corrected chi connectivity index (χ4v) is 3.70. The van der Waals surface area contributed by atoms with Crippen LogP contribution >= 0.6 is 11.3 Å². The minimum atomic E-state index is -0.399. The lowest BCUT2D eigenvalue weighted by atomic mass is 10.1. The van der Waals surface area contributed by atoms with Crippen LogP contribution in [0.2, 0.25) is 0 Å². The molecule has 2 aromatic rings. The zero-order chi connectivity index (χ0) is 16.4. The first-order chi connectivity index (χ1) is 11.1. The van der Waals surface area contributed by atoms with Gasteiger partial charge in [-0.2, -0.15) is 0 Å². The van der Waals surface area contributed by atoms with Crippen molar-refractivity contribution in [3.05, 3.63) is 41.0 Å². The molecular formula is C16H19N3O3S. The van der Waals surface area contributed by atoms with Crippen molar-refractivity contribution < 1.29 is 14.3 Å². The zero-order valence-corrected chi connectivity index (χ0v) is 13.9. The van der Waals surface area contributed by atoms with Gasteiger partial charge >= 0.3 is 12.0 Å². The highest BCUT2D eigenvalue weighted by molar-refractivity contribution is 7.14. The van der Waals surface area contributed by atoms with E-state index in [4.69, 9.17) is 0 Å². The maximum absolute atomic E-state index is 12.6. The van der Waals surface area contributed by atoms with Crippen LogP contribution in [0, 0.1) is 0 Å². The fraction of sp³-hybridized carbons (Fsp3) is 0.375. The summed E-state index contributed by atoms with van der Waals surface area (Å²) in [6.45, 7) is 0.733. The molecule has 0 radical (unpaired) electrons. The predicted molar refractivity (Wildman–Crippen MR) is 88.8 cm³/mol. The maximum atomic E-state index is 12.6. The standard InChI is InChI=1S/C16H19N3O3S/c1-18-7-3-5-12(18)13-6-4-8-19(13)16(21)17-14-9-11(10-23-14)15(20)22-2/h3,5,7,9-10,13H,4,6,8H2,1-2H3,(H,17,21)/t13-/m0/s1. The van der Waals surface area contributed by atoms with E-state index in [1.54, 1.807) is 11.4 Å². The lowest BCUT2D eigenvalue weighted by Gasteiger charge is -2.25. The van der Waals surface area contributed by atoms with E-state index in [0.29, 0.717) is 10.6 Å². The van der Waals surface area contributed by atoms with E-state index in [0.717, 1.165) is 25.1 Å². The number of anilines is 1. The largest absolute Gasteiger partial charge is 0.465 e. The molecule has 6 nitrogen and oxygen atoms in total. The average Bonchev–Trinajstić information content (AvgIpc) is 3.25. The zero-order valence-electron chi connectivity index (χ0n) is 13.1. The van der Waals surface area contributed by atoms with Gasteiger partial charge in [-0.25, -0.2) is 9.59 Å². The Kier molecular flexibility index (Phi) is 4.38. The van der Waals surface area contributed by atoms with Gasteiger partial charge in [0.05, 0.1) is 23.7 Å². The highest BCUT2D eigenvalue weighted by Gasteiger charge is 2.31. The molecule has 1 N–H and O–H groups in total. The van der Waals surface area contributed by atoms with Crippen molar-refractivity contribution in [3.63, 3.8) is 0 Å². The predicted octanol–water partition coefficient (Wildman–Crippen LogP) is 3.24. The summed E-state index contributed by atoms with van der Waals surface area (Å²) in [5, 5.41) is 5.21. The number of thiophene rings is 1. The number of carbonyl (C=O) groups is 2. The number of urea groups is 1. The minimum absolute atomic E-state index is 0.0926. The van der Waals surface area contributed by atoms with Crippen molar-refractivity contribution in [3.8, 4) is 0 Å². The van der Waals surface area contributed by atoms with Gasteiger partial charge < -0.3 is 14.2 Å². The summed E-state index contributed by atoms with van der Waals surface area (Å²) >= 11 is 1.32. The number of rotatable bonds is 3. The molecule has 0 spiro atoms. The molecule has 0 unspecified atom stereocenters. The number of aromatic nitrogens is 1. The Morgan fingerprint density at radius 1 is 1.43 bits per heavy atom. The Balaban J connectivity index is 1.71. The number of carbonyl (C=O) groups excluding carboxylic acids is 2. The van der Waals surface area contributed by atoms with Crippen LogP contribution in [0.25, 0.3) is 0 Å². The minimum Gasteiger partial charge on any atom is -0.465 e. The molecule has 2 aromatic heterocycles. The average molecular weight is 333 g/mol. The lowest BCUT2D eigenvalue weighted by Crippen LogP contribution is -2.34. The van der Waals surface area contributed by atoms with Gasteiger partial charge in [0.2, 0.25) is 0 Å². The van der Waals surface area contributed by atoms with Gasteiger partial charge in [0.25, 0.3) is 0 Å². The molecule has 23 heavy (non-hydrogen) atoms. The molecule has 1 fully saturated rings. The Labute approximate surface area is 138 Å². The smallest absolute Gasteiger partial charge is 0.338 e. The molecule has 1 saturated heterocycles. The summed E-state index contributed by atoms with van der Waals surface area (Å²) in [5.74, 6) is -0.399. The first-order valence-electron chi connectivity index (χ1n) is 7.46. The quantitative estimate of drug-likeness (QED) is 0.877. The molecule has 1 aliphatic rings. The number of aryl methyl sites for hydroxylation is 1. The Morgan fingerprint density at radius 3 is 2.96 bits per heavy atom. The van der Waals surface area contributed by atoms with Crippen molar-refractivity contribution in [2.45, 2.75) is 18.9 Å². The number of nitrogens with zero attached hydrogens (tertiary/aromatic N) is 2. The summed E-state index contributed by atoms with van der Waals surface area (Å²) in [7, 11) is 3.33. The van der Waals surface area contributed by atoms with Gasteiger partial charge in [-0.1, -0.05) is 0 Å². The van der Waals surface area contributed by atoms with E-state index < -0.39 is 5.97 Å². The van der Waals surface area contributed by atoms with Crippen LogP contribution in [0.4, 0.5) is 9.80 Å². The van der Waals surface area contributed by atoms with Crippen molar-refractivity contribution in [2.24, 2.45) is 7.05 Å². The molecule has 122 valence electrons. The highest BCUT2D eigenvalue weighted by Crippen LogP contribution is 2.33. The number of amides is 2. The monoisotopic (exact) mass is 333 g/mol. The Morgan fingerprint density at radius 2 is 2.26 bits per heavy atom. The number of hydrogen-bond donors (Lipinski definition) is 1. The molecule has 0 aromatic carbocycles. The molecule has 3 rings (SSSR count). The van der Waals surface area contributed by atoms with Crippen molar-refractivity contribution >= 4 is 28.3 Å². The third-order valence-electron chi connectivity index (χ3n) is 4.09. The van der Waals surface area contributed by atoms with Crippen LogP contribution in [0.3, 0.4) is 0 Å². The number of nitrogens with one attached hydrogen (secondary N) is 1. The number of esters is 1. The van der Waals surface area contributed by atoms with Crippen molar-refractivity contribution in [1.82, 2.24) is 9.47 Å². The maximum Gasteiger partial charge on any atom is 0.338 e. The summed E-state index contributed by atoms with van der Waals surface area (Å²) in [4.78, 5) is 25.9. The van der Waals surface area contributed by atoms with Gasteiger partial charge in [-0.15, -0.1) is 11.3 Å².